The van der Waals surface area contributed by atoms with Crippen LogP contribution in [-0.4, -0.2) is 37.1 Å². The number of fused-ring (bicyclic) bond motifs is 1. The van der Waals surface area contributed by atoms with Crippen molar-refractivity contribution in [3.05, 3.63) is 83.3 Å². The largest absolute Gasteiger partial charge is 0.382 e. The molecule has 0 spiro atoms. The second kappa shape index (κ2) is 10.8. The van der Waals surface area contributed by atoms with Gasteiger partial charge in [0.25, 0.3) is 0 Å². The van der Waals surface area contributed by atoms with Crippen LogP contribution in [0.2, 0.25) is 0 Å². The van der Waals surface area contributed by atoms with E-state index in [-0.39, 0.29) is 5.82 Å². The van der Waals surface area contributed by atoms with Crippen molar-refractivity contribution >= 4 is 28.4 Å². The molecule has 0 unspecified atom stereocenters. The van der Waals surface area contributed by atoms with E-state index in [0.717, 1.165) is 71.5 Å². The van der Waals surface area contributed by atoms with Crippen molar-refractivity contribution in [3.63, 3.8) is 0 Å². The minimum Gasteiger partial charge on any atom is -0.382 e. The van der Waals surface area contributed by atoms with E-state index >= 15 is 4.39 Å². The summed E-state index contributed by atoms with van der Waals surface area (Å²) in [5, 5.41) is 4.18. The van der Waals surface area contributed by atoms with Crippen molar-refractivity contribution < 1.29 is 9.13 Å². The molecule has 2 aromatic carbocycles. The summed E-state index contributed by atoms with van der Waals surface area (Å²) in [6.45, 7) is 10.6. The highest BCUT2D eigenvalue weighted by atomic mass is 19.1. The van der Waals surface area contributed by atoms with Crippen LogP contribution in [0.15, 0.2) is 60.2 Å². The van der Waals surface area contributed by atoms with Gasteiger partial charge >= 0.3 is 0 Å². The first kappa shape index (κ1) is 24.0. The normalized spacial score (nSPS) is 15.4. The second-order valence-corrected chi connectivity index (χ2v) is 8.79. The van der Waals surface area contributed by atoms with Gasteiger partial charge in [-0.3, -0.25) is 4.99 Å². The van der Waals surface area contributed by atoms with Crippen molar-refractivity contribution in [1.82, 2.24) is 9.88 Å². The molecule has 1 saturated heterocycles. The first-order valence-corrected chi connectivity index (χ1v) is 12.1. The van der Waals surface area contributed by atoms with Gasteiger partial charge in [-0.1, -0.05) is 49.9 Å². The highest BCUT2D eigenvalue weighted by Crippen LogP contribution is 2.32. The predicted molar refractivity (Wildman–Crippen MR) is 141 cm³/mol. The maximum absolute atomic E-state index is 15.2. The number of ether oxygens (including phenoxy) is 1. The molecule has 3 aromatic rings. The van der Waals surface area contributed by atoms with Crippen LogP contribution in [0.25, 0.3) is 22.2 Å². The van der Waals surface area contributed by atoms with E-state index in [9.17, 15) is 0 Å². The molecular weight excluding hydrogens is 425 g/mol. The molecule has 178 valence electrons. The number of nitrogens with zero attached hydrogens (tertiary/aromatic N) is 2. The topological polar surface area (TPSA) is 38.5 Å². The van der Waals surface area contributed by atoms with Gasteiger partial charge in [0.2, 0.25) is 0 Å². The highest BCUT2D eigenvalue weighted by molar-refractivity contribution is 6.09. The monoisotopic (exact) mass is 459 g/mol. The van der Waals surface area contributed by atoms with Crippen LogP contribution >= 0.6 is 0 Å². The van der Waals surface area contributed by atoms with Gasteiger partial charge in [-0.15, -0.1) is 0 Å². The molecule has 1 aliphatic heterocycles. The van der Waals surface area contributed by atoms with Crippen LogP contribution in [0.5, 0.6) is 0 Å². The Morgan fingerprint density at radius 3 is 2.59 bits per heavy atom. The number of aryl methyl sites for hydroxylation is 1. The zero-order valence-electron chi connectivity index (χ0n) is 20.4. The quantitative estimate of drug-likeness (QED) is 0.405. The Labute approximate surface area is 201 Å². The fourth-order valence-electron chi connectivity index (χ4n) is 4.74. The summed E-state index contributed by atoms with van der Waals surface area (Å²) in [6.07, 6.45) is 8.68. The smallest absolute Gasteiger partial charge is 0.133 e. The van der Waals surface area contributed by atoms with Crippen LogP contribution in [0, 0.1) is 5.82 Å². The van der Waals surface area contributed by atoms with E-state index in [4.69, 9.17) is 4.74 Å². The molecule has 34 heavy (non-hydrogen) atoms. The Balaban J connectivity index is 1.69. The fourth-order valence-corrected chi connectivity index (χ4v) is 4.74. The molecule has 1 aromatic heterocycles. The first-order valence-electron chi connectivity index (χ1n) is 12.1. The molecule has 0 atom stereocenters. The molecule has 1 fully saturated rings. The molecular formula is C29H34FN3O. The number of aliphatic imine (C=N–C) groups is 1. The number of hydrogen-bond donors (Lipinski definition) is 1. The Bertz CT molecular complexity index is 1210. The number of rotatable bonds is 8. The number of benzene rings is 2. The summed E-state index contributed by atoms with van der Waals surface area (Å²) in [5.74, 6) is -0.206. The van der Waals surface area contributed by atoms with E-state index in [1.165, 1.54) is 0 Å². The van der Waals surface area contributed by atoms with Crippen molar-refractivity contribution in [2.75, 3.05) is 20.3 Å². The predicted octanol–water partition coefficient (Wildman–Crippen LogP) is 6.23. The van der Waals surface area contributed by atoms with Crippen LogP contribution in [0.3, 0.4) is 0 Å². The van der Waals surface area contributed by atoms with Gasteiger partial charge in [0.05, 0.1) is 5.52 Å². The molecule has 0 bridgehead atoms. The van der Waals surface area contributed by atoms with Gasteiger partial charge in [0.1, 0.15) is 5.82 Å². The summed E-state index contributed by atoms with van der Waals surface area (Å²) < 4.78 is 22.8. The lowest BCUT2D eigenvalue weighted by atomic mass is 10.0. The Hall–Kier alpha value is -3.18. The number of aromatic nitrogens is 1. The van der Waals surface area contributed by atoms with Gasteiger partial charge in [-0.25, -0.2) is 4.39 Å². The zero-order chi connectivity index (χ0) is 24.1. The molecule has 1 aliphatic rings. The summed E-state index contributed by atoms with van der Waals surface area (Å²) in [4.78, 5) is 4.14. The third-order valence-electron chi connectivity index (χ3n) is 6.58. The van der Waals surface area contributed by atoms with Crippen LogP contribution in [0.4, 0.5) is 4.39 Å². The van der Waals surface area contributed by atoms with E-state index in [2.05, 4.69) is 64.9 Å². The lowest BCUT2D eigenvalue weighted by molar-refractivity contribution is 0.0819. The summed E-state index contributed by atoms with van der Waals surface area (Å²) >= 11 is 0. The van der Waals surface area contributed by atoms with Crippen molar-refractivity contribution in [2.24, 2.45) is 4.99 Å². The minimum atomic E-state index is -0.206. The van der Waals surface area contributed by atoms with Gasteiger partial charge in [-0.05, 0) is 54.5 Å². The first-order chi connectivity index (χ1) is 16.5. The Kier molecular flexibility index (Phi) is 7.63. The van der Waals surface area contributed by atoms with Crippen molar-refractivity contribution in [1.29, 1.82) is 0 Å². The average molecular weight is 460 g/mol. The van der Waals surface area contributed by atoms with Gasteiger partial charge in [-0.2, -0.15) is 0 Å². The van der Waals surface area contributed by atoms with E-state index in [1.54, 1.807) is 13.1 Å². The summed E-state index contributed by atoms with van der Waals surface area (Å²) in [7, 11) is 1.78. The molecule has 2 heterocycles. The number of nitrogens with one attached hydrogen (secondary N) is 1. The number of hydrogen-bond acceptors (Lipinski definition) is 3. The van der Waals surface area contributed by atoms with Crippen LogP contribution < -0.4 is 5.32 Å². The summed E-state index contributed by atoms with van der Waals surface area (Å²) in [5.41, 5.74) is 7.07. The molecule has 4 rings (SSSR count). The molecule has 0 radical (unpaired) electrons. The van der Waals surface area contributed by atoms with Crippen molar-refractivity contribution in [3.8, 4) is 0 Å². The maximum atomic E-state index is 15.2. The molecule has 0 amide bonds. The average Bonchev–Trinajstić information content (AvgIpc) is 3.24. The van der Waals surface area contributed by atoms with Gasteiger partial charge < -0.3 is 14.6 Å². The highest BCUT2D eigenvalue weighted by Gasteiger charge is 2.20. The van der Waals surface area contributed by atoms with E-state index in [1.807, 2.05) is 19.2 Å². The SMILES string of the molecule is C=C(NC1CCOCC1)c1cn(Cc2ccc(/C(C=NC)=C/C)cc2)c2c(CC)ccc(F)c12. The summed E-state index contributed by atoms with van der Waals surface area (Å²) in [6, 6.07) is 12.3. The molecule has 0 saturated carbocycles. The van der Waals surface area contributed by atoms with Crippen LogP contribution in [0.1, 0.15) is 48.9 Å². The molecule has 5 heteroatoms. The zero-order valence-corrected chi connectivity index (χ0v) is 20.4. The number of halogens is 1. The lowest BCUT2D eigenvalue weighted by Crippen LogP contribution is -2.33. The van der Waals surface area contributed by atoms with E-state index in [0.29, 0.717) is 18.0 Å². The maximum Gasteiger partial charge on any atom is 0.133 e. The Morgan fingerprint density at radius 2 is 1.94 bits per heavy atom. The van der Waals surface area contributed by atoms with E-state index < -0.39 is 0 Å². The minimum absolute atomic E-state index is 0.206. The third-order valence-corrected chi connectivity index (χ3v) is 6.58. The molecule has 0 aliphatic carbocycles. The van der Waals surface area contributed by atoms with Crippen molar-refractivity contribution in [2.45, 2.75) is 45.7 Å². The lowest BCUT2D eigenvalue weighted by Gasteiger charge is -2.25. The van der Waals surface area contributed by atoms with Gasteiger partial charge in [0, 0.05) is 61.9 Å². The van der Waals surface area contributed by atoms with Gasteiger partial charge in [0.15, 0.2) is 0 Å². The van der Waals surface area contributed by atoms with Crippen LogP contribution in [-0.2, 0) is 17.7 Å². The standard InChI is InChI=1S/C29H34FN3O/c1-5-22-11-12-27(30)28-26(20(3)32-25-13-15-34-16-14-25)19-33(29(22)28)18-21-7-9-24(10-8-21)23(6-2)17-31-4/h6-12,17,19,25,32H,3,5,13-16,18H2,1-2,4H3/b23-6+,31-17?. The molecule has 4 nitrogen and oxygen atoms in total. The Morgan fingerprint density at radius 1 is 1.21 bits per heavy atom. The number of allylic oxidation sites excluding steroid dienone is 2. The fraction of sp³-hybridized carbons (Fsp3) is 0.345. The molecule has 1 N–H and O–H groups in total. The second-order valence-electron chi connectivity index (χ2n) is 8.79. The third kappa shape index (κ3) is 5.00.